The summed E-state index contributed by atoms with van der Waals surface area (Å²) >= 11 is 0. The molecular weight excluding hydrogens is 186 g/mol. The number of ether oxygens (including phenoxy) is 3. The molecule has 1 atom stereocenters. The molecule has 0 aliphatic carbocycles. The van der Waals surface area contributed by atoms with Crippen molar-refractivity contribution < 1.29 is 19.3 Å². The summed E-state index contributed by atoms with van der Waals surface area (Å²) in [6.45, 7) is 3.25. The smallest absolute Gasteiger partial charge is 0.180 e. The lowest BCUT2D eigenvalue weighted by Gasteiger charge is -2.16. The highest BCUT2D eigenvalue weighted by molar-refractivity contribution is 4.67. The van der Waals surface area contributed by atoms with Crippen molar-refractivity contribution in [2.45, 2.75) is 19.6 Å². The molecule has 0 aliphatic heterocycles. The van der Waals surface area contributed by atoms with E-state index < -0.39 is 6.29 Å². The average molecular weight is 203 g/mol. The van der Waals surface area contributed by atoms with Crippen molar-refractivity contribution in [3.63, 3.8) is 0 Å². The maximum Gasteiger partial charge on any atom is 0.180 e. The zero-order valence-electron chi connectivity index (χ0n) is 8.44. The molecule has 14 heavy (non-hydrogen) atoms. The molecule has 0 bridgehead atoms. The minimum Gasteiger partial charge on any atom is -0.394 e. The van der Waals surface area contributed by atoms with Gasteiger partial charge < -0.3 is 19.3 Å². The van der Waals surface area contributed by atoms with E-state index in [0.29, 0.717) is 19.6 Å². The fourth-order valence-corrected chi connectivity index (χ4v) is 0.810. The van der Waals surface area contributed by atoms with Crippen LogP contribution in [0.25, 0.3) is 0 Å². The Balaban J connectivity index is 3.50. The van der Waals surface area contributed by atoms with E-state index in [0.717, 1.165) is 0 Å². The molecule has 82 valence electrons. The second kappa shape index (κ2) is 10.4. The van der Waals surface area contributed by atoms with Crippen molar-refractivity contribution in [2.75, 3.05) is 33.0 Å². The van der Waals surface area contributed by atoms with Crippen LogP contribution in [0.5, 0.6) is 0 Å². The summed E-state index contributed by atoms with van der Waals surface area (Å²) in [5.41, 5.74) is 0. The predicted molar refractivity (Wildman–Crippen MR) is 49.5 cm³/mol. The quantitative estimate of drug-likeness (QED) is 0.430. The van der Waals surface area contributed by atoms with Crippen LogP contribution in [-0.2, 0) is 14.2 Å². The second-order valence-corrected chi connectivity index (χ2v) is 2.46. The third kappa shape index (κ3) is 7.95. The fraction of sp³-hybridized carbons (Fsp3) is 0.889. The van der Waals surface area contributed by atoms with Crippen LogP contribution in [0.4, 0.5) is 0 Å². The van der Waals surface area contributed by atoms with E-state index in [9.17, 15) is 0 Å². The van der Waals surface area contributed by atoms with Gasteiger partial charge in [-0.15, -0.1) is 0 Å². The highest BCUT2D eigenvalue weighted by Crippen LogP contribution is 1.97. The Labute approximate surface area is 84.2 Å². The molecule has 5 heteroatoms. The van der Waals surface area contributed by atoms with Gasteiger partial charge in [0.05, 0.1) is 38.9 Å². The minimum atomic E-state index is -0.445. The molecule has 0 aromatic rings. The SMILES string of the molecule is CCOC(COCCO)OCCC#N. The van der Waals surface area contributed by atoms with Crippen molar-refractivity contribution in [3.8, 4) is 6.07 Å². The normalized spacial score (nSPS) is 12.4. The zero-order chi connectivity index (χ0) is 10.6. The Morgan fingerprint density at radius 1 is 1.36 bits per heavy atom. The molecule has 0 saturated carbocycles. The summed E-state index contributed by atoms with van der Waals surface area (Å²) in [4.78, 5) is 0. The topological polar surface area (TPSA) is 71.7 Å². The highest BCUT2D eigenvalue weighted by Gasteiger charge is 2.07. The maximum atomic E-state index is 8.47. The van der Waals surface area contributed by atoms with Gasteiger partial charge in [-0.05, 0) is 6.92 Å². The molecular formula is C9H17NO4. The van der Waals surface area contributed by atoms with Crippen LogP contribution in [0.2, 0.25) is 0 Å². The van der Waals surface area contributed by atoms with Gasteiger partial charge in [-0.1, -0.05) is 0 Å². The van der Waals surface area contributed by atoms with Gasteiger partial charge in [-0.2, -0.15) is 5.26 Å². The first-order valence-corrected chi connectivity index (χ1v) is 4.63. The summed E-state index contributed by atoms with van der Waals surface area (Å²) in [5, 5.41) is 16.8. The number of hydrogen-bond acceptors (Lipinski definition) is 5. The van der Waals surface area contributed by atoms with E-state index >= 15 is 0 Å². The summed E-state index contributed by atoms with van der Waals surface area (Å²) in [7, 11) is 0. The molecule has 0 spiro atoms. The molecule has 0 aromatic carbocycles. The Hall–Kier alpha value is -0.670. The minimum absolute atomic E-state index is 0.0168. The molecule has 0 aliphatic rings. The van der Waals surface area contributed by atoms with E-state index in [1.54, 1.807) is 0 Å². The van der Waals surface area contributed by atoms with Crippen molar-refractivity contribution >= 4 is 0 Å². The number of aliphatic hydroxyl groups is 1. The molecule has 1 N–H and O–H groups in total. The first-order valence-electron chi connectivity index (χ1n) is 4.63. The molecule has 1 unspecified atom stereocenters. The number of hydrogen-bond donors (Lipinski definition) is 1. The highest BCUT2D eigenvalue weighted by atomic mass is 16.7. The largest absolute Gasteiger partial charge is 0.394 e. The Morgan fingerprint density at radius 3 is 2.71 bits per heavy atom. The van der Waals surface area contributed by atoms with Crippen molar-refractivity contribution in [1.29, 1.82) is 5.26 Å². The van der Waals surface area contributed by atoms with Crippen LogP contribution in [-0.4, -0.2) is 44.4 Å². The van der Waals surface area contributed by atoms with Gasteiger partial charge in [-0.3, -0.25) is 0 Å². The lowest BCUT2D eigenvalue weighted by molar-refractivity contribution is -0.170. The Morgan fingerprint density at radius 2 is 2.14 bits per heavy atom. The first-order chi connectivity index (χ1) is 6.85. The number of nitriles is 1. The van der Waals surface area contributed by atoms with Crippen LogP contribution in [0, 0.1) is 11.3 Å². The number of rotatable bonds is 9. The lowest BCUT2D eigenvalue weighted by atomic mass is 10.5. The van der Waals surface area contributed by atoms with Crippen LogP contribution in [0.1, 0.15) is 13.3 Å². The van der Waals surface area contributed by atoms with Crippen molar-refractivity contribution in [3.05, 3.63) is 0 Å². The fourth-order valence-electron chi connectivity index (χ4n) is 0.810. The van der Waals surface area contributed by atoms with Crippen LogP contribution >= 0.6 is 0 Å². The second-order valence-electron chi connectivity index (χ2n) is 2.46. The van der Waals surface area contributed by atoms with E-state index in [1.807, 2.05) is 13.0 Å². The van der Waals surface area contributed by atoms with Gasteiger partial charge in [0.1, 0.15) is 0 Å². The van der Waals surface area contributed by atoms with E-state index in [4.69, 9.17) is 24.6 Å². The van der Waals surface area contributed by atoms with Gasteiger partial charge in [0.2, 0.25) is 0 Å². The third-order valence-electron chi connectivity index (χ3n) is 1.36. The van der Waals surface area contributed by atoms with Gasteiger partial charge in [0.15, 0.2) is 6.29 Å². The zero-order valence-corrected chi connectivity index (χ0v) is 8.44. The van der Waals surface area contributed by atoms with Gasteiger partial charge >= 0.3 is 0 Å². The maximum absolute atomic E-state index is 8.47. The standard InChI is InChI=1S/C9H17NO4/c1-2-13-9(8-12-7-5-11)14-6-3-4-10/h9,11H,2-3,5-8H2,1H3. The molecule has 0 rings (SSSR count). The lowest BCUT2D eigenvalue weighted by Crippen LogP contribution is -2.24. The van der Waals surface area contributed by atoms with Crippen molar-refractivity contribution in [2.24, 2.45) is 0 Å². The van der Waals surface area contributed by atoms with E-state index in [1.165, 1.54) is 0 Å². The predicted octanol–water partition coefficient (Wildman–Crippen LogP) is 0.288. The van der Waals surface area contributed by atoms with Crippen molar-refractivity contribution in [1.82, 2.24) is 0 Å². The first kappa shape index (κ1) is 13.3. The van der Waals surface area contributed by atoms with Gasteiger partial charge in [0, 0.05) is 6.61 Å². The van der Waals surface area contributed by atoms with Crippen LogP contribution in [0.15, 0.2) is 0 Å². The summed E-state index contributed by atoms with van der Waals surface area (Å²) in [6, 6.07) is 1.97. The summed E-state index contributed by atoms with van der Waals surface area (Å²) < 4.78 is 15.5. The monoisotopic (exact) mass is 203 g/mol. The van der Waals surface area contributed by atoms with E-state index in [-0.39, 0.29) is 19.8 Å². The summed E-state index contributed by atoms with van der Waals surface area (Å²) in [5.74, 6) is 0. The van der Waals surface area contributed by atoms with E-state index in [2.05, 4.69) is 0 Å². The summed E-state index contributed by atoms with van der Waals surface area (Å²) in [6.07, 6.45) is -0.108. The van der Waals surface area contributed by atoms with Gasteiger partial charge in [0.25, 0.3) is 0 Å². The van der Waals surface area contributed by atoms with Crippen LogP contribution < -0.4 is 0 Å². The molecule has 0 aromatic heterocycles. The molecule has 0 saturated heterocycles. The molecule has 0 radical (unpaired) electrons. The third-order valence-corrected chi connectivity index (χ3v) is 1.36. The molecule has 0 heterocycles. The molecule has 5 nitrogen and oxygen atoms in total. The average Bonchev–Trinajstić information content (AvgIpc) is 2.18. The van der Waals surface area contributed by atoms with Gasteiger partial charge in [-0.25, -0.2) is 0 Å². The Bertz CT molecular complexity index is 157. The Kier molecular flexibility index (Phi) is 9.91. The number of aliphatic hydroxyl groups excluding tert-OH is 1. The van der Waals surface area contributed by atoms with Crippen LogP contribution in [0.3, 0.4) is 0 Å². The molecule has 0 amide bonds. The number of nitrogens with zero attached hydrogens (tertiary/aromatic N) is 1. The molecule has 0 fully saturated rings.